The fourth-order valence-corrected chi connectivity index (χ4v) is 2.04. The molecule has 3 nitrogen and oxygen atoms in total. The minimum absolute atomic E-state index is 0.0825. The van der Waals surface area contributed by atoms with Gasteiger partial charge in [-0.25, -0.2) is 0 Å². The van der Waals surface area contributed by atoms with E-state index < -0.39 is 0 Å². The summed E-state index contributed by atoms with van der Waals surface area (Å²) in [5.74, 6) is 0. The molecule has 0 unspecified atom stereocenters. The van der Waals surface area contributed by atoms with Gasteiger partial charge in [-0.15, -0.1) is 0 Å². The highest BCUT2D eigenvalue weighted by Crippen LogP contribution is 2.35. The first kappa shape index (κ1) is 10.3. The Hall–Kier alpha value is -1.22. The van der Waals surface area contributed by atoms with Gasteiger partial charge >= 0.3 is 0 Å². The summed E-state index contributed by atoms with van der Waals surface area (Å²) in [4.78, 5) is 0. The molecule has 0 aliphatic heterocycles. The maximum Gasteiger partial charge on any atom is 0.0661 e. The zero-order chi connectivity index (χ0) is 10.9. The van der Waals surface area contributed by atoms with Crippen molar-refractivity contribution in [2.24, 2.45) is 0 Å². The van der Waals surface area contributed by atoms with Gasteiger partial charge in [0.2, 0.25) is 0 Å². The minimum Gasteiger partial charge on any atom is -0.399 e. The van der Waals surface area contributed by atoms with Crippen LogP contribution < -0.4 is 11.1 Å². The molecule has 3 heteroatoms. The number of aliphatic hydroxyl groups excluding tert-OH is 1. The summed E-state index contributed by atoms with van der Waals surface area (Å²) in [5.41, 5.74) is 8.61. The fourth-order valence-electron chi connectivity index (χ4n) is 2.04. The molecule has 0 atom stereocenters. The number of aliphatic hydroxyl groups is 1. The van der Waals surface area contributed by atoms with Gasteiger partial charge < -0.3 is 16.2 Å². The Morgan fingerprint density at radius 2 is 2.20 bits per heavy atom. The lowest BCUT2D eigenvalue weighted by molar-refractivity contribution is 0.144. The Morgan fingerprint density at radius 3 is 2.67 bits per heavy atom. The molecule has 0 heterocycles. The molecule has 0 amide bonds. The molecule has 1 aromatic carbocycles. The number of benzene rings is 1. The van der Waals surface area contributed by atoms with Gasteiger partial charge in [0.05, 0.1) is 12.1 Å². The number of hydrogen-bond donors (Lipinski definition) is 3. The van der Waals surface area contributed by atoms with E-state index in [4.69, 9.17) is 5.73 Å². The van der Waals surface area contributed by atoms with Crippen LogP contribution in [0.25, 0.3) is 0 Å². The number of nitrogen functional groups attached to an aromatic ring is 1. The predicted octanol–water partition coefficient (Wildman–Crippen LogP) is 1.90. The first-order chi connectivity index (χ1) is 7.15. The maximum atomic E-state index is 9.36. The smallest absolute Gasteiger partial charge is 0.0661 e. The molecular formula is C12H18N2O. The molecule has 1 saturated carbocycles. The number of hydrogen-bond acceptors (Lipinski definition) is 3. The van der Waals surface area contributed by atoms with Crippen LogP contribution in [0.2, 0.25) is 0 Å². The Kier molecular flexibility index (Phi) is 2.57. The molecule has 4 N–H and O–H groups in total. The summed E-state index contributed by atoms with van der Waals surface area (Å²) >= 11 is 0. The van der Waals surface area contributed by atoms with E-state index in [-0.39, 0.29) is 12.1 Å². The molecule has 0 radical (unpaired) electrons. The number of rotatable bonds is 3. The zero-order valence-corrected chi connectivity index (χ0v) is 9.09. The highest BCUT2D eigenvalue weighted by molar-refractivity contribution is 5.58. The molecule has 0 bridgehead atoms. The average molecular weight is 206 g/mol. The molecule has 82 valence electrons. The molecule has 0 saturated heterocycles. The van der Waals surface area contributed by atoms with E-state index in [9.17, 15) is 5.11 Å². The lowest BCUT2D eigenvalue weighted by Gasteiger charge is -2.42. The molecule has 0 spiro atoms. The summed E-state index contributed by atoms with van der Waals surface area (Å²) in [6.07, 6.45) is 3.29. The van der Waals surface area contributed by atoms with Crippen molar-refractivity contribution in [3.05, 3.63) is 23.8 Å². The summed E-state index contributed by atoms with van der Waals surface area (Å²) < 4.78 is 0. The summed E-state index contributed by atoms with van der Waals surface area (Å²) in [6, 6.07) is 5.82. The number of nitrogens with two attached hydrogens (primary N) is 1. The first-order valence-corrected chi connectivity index (χ1v) is 5.40. The van der Waals surface area contributed by atoms with Gasteiger partial charge in [-0.3, -0.25) is 0 Å². The highest BCUT2D eigenvalue weighted by atomic mass is 16.3. The lowest BCUT2D eigenvalue weighted by Crippen LogP contribution is -2.48. The van der Waals surface area contributed by atoms with Crippen LogP contribution in [-0.2, 0) is 0 Å². The third-order valence-electron chi connectivity index (χ3n) is 3.26. The van der Waals surface area contributed by atoms with Crippen LogP contribution in [-0.4, -0.2) is 17.3 Å². The van der Waals surface area contributed by atoms with Crippen molar-refractivity contribution in [2.75, 3.05) is 17.7 Å². The van der Waals surface area contributed by atoms with Crippen molar-refractivity contribution in [1.82, 2.24) is 0 Å². The highest BCUT2D eigenvalue weighted by Gasteiger charge is 2.36. The van der Waals surface area contributed by atoms with E-state index in [0.717, 1.165) is 29.8 Å². The average Bonchev–Trinajstić information content (AvgIpc) is 2.14. The topological polar surface area (TPSA) is 58.3 Å². The molecule has 1 aliphatic carbocycles. The van der Waals surface area contributed by atoms with Crippen LogP contribution in [0.3, 0.4) is 0 Å². The first-order valence-electron chi connectivity index (χ1n) is 5.40. The van der Waals surface area contributed by atoms with Crippen molar-refractivity contribution < 1.29 is 5.11 Å². The summed E-state index contributed by atoms with van der Waals surface area (Å²) in [6.45, 7) is 2.24. The van der Waals surface area contributed by atoms with Gasteiger partial charge in [-0.2, -0.15) is 0 Å². The quantitative estimate of drug-likeness (QED) is 0.662. The zero-order valence-electron chi connectivity index (χ0n) is 9.09. The fraction of sp³-hybridized carbons (Fsp3) is 0.500. The van der Waals surface area contributed by atoms with Crippen LogP contribution in [0, 0.1) is 6.92 Å². The Bertz CT molecular complexity index is 353. The minimum atomic E-state index is -0.0825. The molecule has 1 aromatic rings. The molecular weight excluding hydrogens is 188 g/mol. The lowest BCUT2D eigenvalue weighted by atomic mass is 9.77. The molecule has 0 aromatic heterocycles. The van der Waals surface area contributed by atoms with Crippen LogP contribution >= 0.6 is 0 Å². The van der Waals surface area contributed by atoms with Gasteiger partial charge in [0.25, 0.3) is 0 Å². The molecule has 2 rings (SSSR count). The third kappa shape index (κ3) is 1.92. The van der Waals surface area contributed by atoms with E-state index >= 15 is 0 Å². The van der Waals surface area contributed by atoms with Gasteiger partial charge in [0.1, 0.15) is 0 Å². The van der Waals surface area contributed by atoms with Crippen molar-refractivity contribution in [1.29, 1.82) is 0 Å². The van der Waals surface area contributed by atoms with Crippen LogP contribution in [0.4, 0.5) is 11.4 Å². The summed E-state index contributed by atoms with van der Waals surface area (Å²) in [7, 11) is 0. The van der Waals surface area contributed by atoms with Gasteiger partial charge in [0, 0.05) is 11.4 Å². The maximum absolute atomic E-state index is 9.36. The van der Waals surface area contributed by atoms with E-state index in [1.807, 2.05) is 25.1 Å². The van der Waals surface area contributed by atoms with Gasteiger partial charge in [0.15, 0.2) is 0 Å². The van der Waals surface area contributed by atoms with Crippen LogP contribution in [0.5, 0.6) is 0 Å². The van der Waals surface area contributed by atoms with E-state index in [2.05, 4.69) is 5.32 Å². The second-order valence-corrected chi connectivity index (χ2v) is 4.49. The van der Waals surface area contributed by atoms with Crippen LogP contribution in [0.15, 0.2) is 18.2 Å². The second kappa shape index (κ2) is 3.74. The standard InChI is InChI=1S/C12H18N2O/c1-9-7-10(13)3-4-11(9)14-12(8-15)5-2-6-12/h3-4,7,14-15H,2,5-6,8,13H2,1H3. The molecule has 1 aliphatic rings. The third-order valence-corrected chi connectivity index (χ3v) is 3.26. The molecule has 15 heavy (non-hydrogen) atoms. The second-order valence-electron chi connectivity index (χ2n) is 4.49. The van der Waals surface area contributed by atoms with Crippen molar-refractivity contribution >= 4 is 11.4 Å². The van der Waals surface area contributed by atoms with Crippen molar-refractivity contribution in [3.63, 3.8) is 0 Å². The summed E-state index contributed by atoms with van der Waals surface area (Å²) in [5, 5.41) is 12.8. The SMILES string of the molecule is Cc1cc(N)ccc1NC1(CO)CCC1. The van der Waals surface area contributed by atoms with Gasteiger partial charge in [-0.1, -0.05) is 0 Å². The van der Waals surface area contributed by atoms with Crippen molar-refractivity contribution in [3.8, 4) is 0 Å². The number of aryl methyl sites for hydroxylation is 1. The number of nitrogens with one attached hydrogen (secondary N) is 1. The van der Waals surface area contributed by atoms with E-state index in [1.165, 1.54) is 6.42 Å². The van der Waals surface area contributed by atoms with Crippen molar-refractivity contribution in [2.45, 2.75) is 31.7 Å². The Balaban J connectivity index is 2.16. The predicted molar refractivity (Wildman–Crippen MR) is 62.9 cm³/mol. The largest absolute Gasteiger partial charge is 0.399 e. The normalized spacial score (nSPS) is 18.3. The van der Waals surface area contributed by atoms with E-state index in [0.29, 0.717) is 0 Å². The van der Waals surface area contributed by atoms with E-state index in [1.54, 1.807) is 0 Å². The van der Waals surface area contributed by atoms with Crippen LogP contribution in [0.1, 0.15) is 24.8 Å². The molecule has 1 fully saturated rings. The number of anilines is 2. The monoisotopic (exact) mass is 206 g/mol. The van der Waals surface area contributed by atoms with Gasteiger partial charge in [-0.05, 0) is 49.9 Å². The Labute approximate surface area is 90.3 Å². The Morgan fingerprint density at radius 1 is 1.47 bits per heavy atom.